The van der Waals surface area contributed by atoms with Crippen LogP contribution in [0.1, 0.15) is 22.3 Å². The highest BCUT2D eigenvalue weighted by atomic mass is 32.2. The van der Waals surface area contributed by atoms with E-state index in [-0.39, 0.29) is 5.63 Å². The summed E-state index contributed by atoms with van der Waals surface area (Å²) in [4.78, 5) is 12.0. The second kappa shape index (κ2) is 7.04. The van der Waals surface area contributed by atoms with E-state index >= 15 is 0 Å². The second-order valence-corrected chi connectivity index (χ2v) is 7.52. The van der Waals surface area contributed by atoms with Gasteiger partial charge in [-0.2, -0.15) is 0 Å². The molecule has 0 bridgehead atoms. The van der Waals surface area contributed by atoms with E-state index in [0.29, 0.717) is 11.3 Å². The van der Waals surface area contributed by atoms with E-state index in [1.807, 2.05) is 35.8 Å². The summed E-state index contributed by atoms with van der Waals surface area (Å²) in [6.07, 6.45) is 1.72. The summed E-state index contributed by atoms with van der Waals surface area (Å²) < 4.78 is 7.36. The van der Waals surface area contributed by atoms with Crippen LogP contribution in [-0.4, -0.2) is 14.8 Å². The van der Waals surface area contributed by atoms with Gasteiger partial charge < -0.3 is 4.42 Å². The standard InChI is InChI=1S/C21H19N3O2S/c1-13-6-4-5-7-18(13)24-12-22-23-21(24)27-11-16-10-20(25)26-19-9-15(3)14(2)8-17(16)19/h4-10,12H,11H2,1-3H3. The first-order chi connectivity index (χ1) is 13.0. The lowest BCUT2D eigenvalue weighted by molar-refractivity contribution is 0.559. The fourth-order valence-corrected chi connectivity index (χ4v) is 3.98. The first-order valence-corrected chi connectivity index (χ1v) is 9.64. The number of hydrogen-bond acceptors (Lipinski definition) is 5. The summed E-state index contributed by atoms with van der Waals surface area (Å²) in [6, 6.07) is 13.7. The molecule has 0 atom stereocenters. The quantitative estimate of drug-likeness (QED) is 0.384. The van der Waals surface area contributed by atoms with Crippen LogP contribution in [0.2, 0.25) is 0 Å². The Balaban J connectivity index is 1.70. The third-order valence-corrected chi connectivity index (χ3v) is 5.68. The molecule has 0 fully saturated rings. The summed E-state index contributed by atoms with van der Waals surface area (Å²) in [7, 11) is 0. The molecule has 4 rings (SSSR count). The lowest BCUT2D eigenvalue weighted by Gasteiger charge is -2.10. The Morgan fingerprint density at radius 2 is 1.81 bits per heavy atom. The first kappa shape index (κ1) is 17.5. The predicted molar refractivity (Wildman–Crippen MR) is 108 cm³/mol. The fraction of sp³-hybridized carbons (Fsp3) is 0.190. The zero-order valence-corrected chi connectivity index (χ0v) is 16.2. The summed E-state index contributed by atoms with van der Waals surface area (Å²) in [5.74, 6) is 0.606. The zero-order valence-electron chi connectivity index (χ0n) is 15.4. The Bertz CT molecular complexity index is 1190. The van der Waals surface area contributed by atoms with Crippen molar-refractivity contribution in [2.45, 2.75) is 31.7 Å². The SMILES string of the molecule is Cc1cc2oc(=O)cc(CSc3nncn3-c3ccccc3C)c2cc1C. The molecule has 0 aliphatic carbocycles. The maximum Gasteiger partial charge on any atom is 0.336 e. The Kier molecular flexibility index (Phi) is 4.58. The molecule has 5 nitrogen and oxygen atoms in total. The summed E-state index contributed by atoms with van der Waals surface area (Å²) in [5, 5.41) is 10.1. The molecule has 0 radical (unpaired) electrons. The van der Waals surface area contributed by atoms with Crippen LogP contribution in [0.15, 0.2) is 63.2 Å². The molecule has 0 amide bonds. The van der Waals surface area contributed by atoms with Crippen molar-refractivity contribution in [2.75, 3.05) is 0 Å². The third kappa shape index (κ3) is 3.40. The molecule has 0 saturated heterocycles. The van der Waals surface area contributed by atoms with Crippen molar-refractivity contribution in [2.24, 2.45) is 0 Å². The summed E-state index contributed by atoms with van der Waals surface area (Å²) >= 11 is 1.55. The molecule has 0 N–H and O–H groups in total. The molecule has 27 heavy (non-hydrogen) atoms. The van der Waals surface area contributed by atoms with E-state index in [9.17, 15) is 4.79 Å². The molecule has 6 heteroatoms. The van der Waals surface area contributed by atoms with Crippen LogP contribution < -0.4 is 5.63 Å². The molecule has 0 aliphatic rings. The van der Waals surface area contributed by atoms with Gasteiger partial charge in [-0.15, -0.1) is 10.2 Å². The maximum absolute atomic E-state index is 12.0. The monoisotopic (exact) mass is 377 g/mol. The van der Waals surface area contributed by atoms with Crippen molar-refractivity contribution in [1.82, 2.24) is 14.8 Å². The average Bonchev–Trinajstić information content (AvgIpc) is 3.10. The number of rotatable bonds is 4. The lowest BCUT2D eigenvalue weighted by atomic mass is 10.0. The molecule has 2 aromatic carbocycles. The summed E-state index contributed by atoms with van der Waals surface area (Å²) in [5.41, 5.74) is 5.71. The average molecular weight is 377 g/mol. The van der Waals surface area contributed by atoms with Crippen LogP contribution >= 0.6 is 11.8 Å². The normalized spacial score (nSPS) is 11.2. The van der Waals surface area contributed by atoms with Gasteiger partial charge in [-0.1, -0.05) is 30.0 Å². The fourth-order valence-electron chi connectivity index (χ4n) is 3.07. The molecule has 0 spiro atoms. The van der Waals surface area contributed by atoms with E-state index in [1.54, 1.807) is 24.2 Å². The number of thioether (sulfide) groups is 1. The van der Waals surface area contributed by atoms with Crippen LogP contribution in [0.25, 0.3) is 16.7 Å². The molecular formula is C21H19N3O2S. The number of nitrogens with zero attached hydrogens (tertiary/aromatic N) is 3. The van der Waals surface area contributed by atoms with E-state index in [2.05, 4.69) is 36.2 Å². The van der Waals surface area contributed by atoms with Gasteiger partial charge in [-0.25, -0.2) is 4.79 Å². The van der Waals surface area contributed by atoms with Gasteiger partial charge in [0.15, 0.2) is 5.16 Å². The molecule has 136 valence electrons. The van der Waals surface area contributed by atoms with Crippen LogP contribution in [0.4, 0.5) is 0 Å². The molecule has 4 aromatic rings. The van der Waals surface area contributed by atoms with Gasteiger partial charge in [0.2, 0.25) is 0 Å². The lowest BCUT2D eigenvalue weighted by Crippen LogP contribution is -2.02. The molecule has 0 saturated carbocycles. The van der Waals surface area contributed by atoms with Crippen molar-refractivity contribution >= 4 is 22.7 Å². The van der Waals surface area contributed by atoms with Crippen molar-refractivity contribution in [1.29, 1.82) is 0 Å². The van der Waals surface area contributed by atoms with Crippen LogP contribution in [0.3, 0.4) is 0 Å². The van der Waals surface area contributed by atoms with Crippen LogP contribution in [0, 0.1) is 20.8 Å². The number of hydrogen-bond donors (Lipinski definition) is 0. The Morgan fingerprint density at radius 1 is 1.04 bits per heavy atom. The van der Waals surface area contributed by atoms with Gasteiger partial charge in [0.05, 0.1) is 5.69 Å². The highest BCUT2D eigenvalue weighted by Gasteiger charge is 2.12. The zero-order chi connectivity index (χ0) is 19.0. The van der Waals surface area contributed by atoms with Gasteiger partial charge in [0.1, 0.15) is 11.9 Å². The van der Waals surface area contributed by atoms with Gasteiger partial charge in [-0.05, 0) is 61.2 Å². The van der Waals surface area contributed by atoms with Crippen molar-refractivity contribution in [3.8, 4) is 5.69 Å². The Morgan fingerprint density at radius 3 is 2.63 bits per heavy atom. The second-order valence-electron chi connectivity index (χ2n) is 6.58. The van der Waals surface area contributed by atoms with E-state index in [1.165, 1.54) is 5.56 Å². The molecule has 0 aliphatic heterocycles. The van der Waals surface area contributed by atoms with E-state index in [4.69, 9.17) is 4.42 Å². The maximum atomic E-state index is 12.0. The highest BCUT2D eigenvalue weighted by Crippen LogP contribution is 2.28. The van der Waals surface area contributed by atoms with Gasteiger partial charge in [0.25, 0.3) is 0 Å². The largest absolute Gasteiger partial charge is 0.423 e. The third-order valence-electron chi connectivity index (χ3n) is 4.69. The summed E-state index contributed by atoms with van der Waals surface area (Å²) in [6.45, 7) is 6.14. The first-order valence-electron chi connectivity index (χ1n) is 8.66. The predicted octanol–water partition coefficient (Wildman–Crippen LogP) is 4.59. The van der Waals surface area contributed by atoms with Crippen LogP contribution in [-0.2, 0) is 5.75 Å². The number of fused-ring (bicyclic) bond motifs is 1. The highest BCUT2D eigenvalue weighted by molar-refractivity contribution is 7.98. The molecule has 2 heterocycles. The topological polar surface area (TPSA) is 60.9 Å². The van der Waals surface area contributed by atoms with Gasteiger partial charge in [0, 0.05) is 17.2 Å². The number of para-hydroxylation sites is 1. The molecule has 0 unspecified atom stereocenters. The number of aromatic nitrogens is 3. The van der Waals surface area contributed by atoms with E-state index in [0.717, 1.165) is 32.9 Å². The van der Waals surface area contributed by atoms with Crippen molar-refractivity contribution < 1.29 is 4.42 Å². The Labute approximate surface area is 161 Å². The van der Waals surface area contributed by atoms with Crippen molar-refractivity contribution in [3.63, 3.8) is 0 Å². The smallest absolute Gasteiger partial charge is 0.336 e. The number of benzene rings is 2. The van der Waals surface area contributed by atoms with E-state index < -0.39 is 0 Å². The molecule has 2 aromatic heterocycles. The minimum Gasteiger partial charge on any atom is -0.423 e. The van der Waals surface area contributed by atoms with Gasteiger partial charge in [-0.3, -0.25) is 4.57 Å². The minimum atomic E-state index is -0.332. The van der Waals surface area contributed by atoms with Crippen molar-refractivity contribution in [3.05, 3.63) is 81.5 Å². The Hall–Kier alpha value is -2.86. The molecular weight excluding hydrogens is 358 g/mol. The number of aryl methyl sites for hydroxylation is 3. The van der Waals surface area contributed by atoms with Crippen LogP contribution in [0.5, 0.6) is 0 Å². The minimum absolute atomic E-state index is 0.332. The van der Waals surface area contributed by atoms with Gasteiger partial charge >= 0.3 is 5.63 Å².